The topological polar surface area (TPSA) is 102 Å². The minimum atomic E-state index is -0.738. The molecule has 2 rings (SSSR count). The maximum absolute atomic E-state index is 12.1. The highest BCUT2D eigenvalue weighted by molar-refractivity contribution is 5.95. The molecule has 0 aliphatic heterocycles. The van der Waals surface area contributed by atoms with Gasteiger partial charge in [-0.3, -0.25) is 14.9 Å². The summed E-state index contributed by atoms with van der Waals surface area (Å²) < 4.78 is 5.38. The molecule has 0 heterocycles. The maximum atomic E-state index is 12.1. The van der Waals surface area contributed by atoms with Crippen molar-refractivity contribution in [2.24, 2.45) is 0 Å². The summed E-state index contributed by atoms with van der Waals surface area (Å²) in [4.78, 5) is 22.1. The number of benzene rings is 2. The van der Waals surface area contributed by atoms with Crippen LogP contribution in [0.1, 0.15) is 22.8 Å². The van der Waals surface area contributed by atoms with Gasteiger partial charge in [-0.2, -0.15) is 0 Å². The fraction of sp³-hybridized carbons (Fsp3) is 0.188. The number of nitro groups is 1. The zero-order valence-corrected chi connectivity index (χ0v) is 12.5. The molecular formula is C16H16N2O5. The van der Waals surface area contributed by atoms with Crippen molar-refractivity contribution in [3.8, 4) is 11.5 Å². The molecule has 23 heavy (non-hydrogen) atoms. The molecular weight excluding hydrogens is 300 g/mol. The van der Waals surface area contributed by atoms with E-state index in [0.29, 0.717) is 12.4 Å². The van der Waals surface area contributed by atoms with Gasteiger partial charge in [0.15, 0.2) is 5.75 Å². The number of hydrogen-bond donors (Lipinski definition) is 2. The Hall–Kier alpha value is -3.09. The first-order chi connectivity index (χ1) is 11.0. The van der Waals surface area contributed by atoms with Gasteiger partial charge in [0.25, 0.3) is 5.91 Å². The van der Waals surface area contributed by atoms with E-state index in [4.69, 9.17) is 4.74 Å². The minimum absolute atomic E-state index is 0.107. The molecule has 2 N–H and O–H groups in total. The molecule has 0 radical (unpaired) electrons. The second-order valence-electron chi connectivity index (χ2n) is 4.72. The van der Waals surface area contributed by atoms with Crippen molar-refractivity contribution in [1.29, 1.82) is 0 Å². The third-order valence-corrected chi connectivity index (χ3v) is 3.10. The second-order valence-corrected chi connectivity index (χ2v) is 4.72. The van der Waals surface area contributed by atoms with E-state index in [-0.39, 0.29) is 12.1 Å². The molecule has 7 heteroatoms. The number of amides is 1. The Labute approximate surface area is 132 Å². The van der Waals surface area contributed by atoms with Crippen LogP contribution in [0.15, 0.2) is 42.5 Å². The van der Waals surface area contributed by atoms with Crippen molar-refractivity contribution < 1.29 is 19.6 Å². The predicted molar refractivity (Wildman–Crippen MR) is 83.5 cm³/mol. The quantitative estimate of drug-likeness (QED) is 0.630. The third-order valence-electron chi connectivity index (χ3n) is 3.10. The first-order valence-electron chi connectivity index (χ1n) is 6.98. The van der Waals surface area contributed by atoms with Crippen molar-refractivity contribution in [1.82, 2.24) is 5.32 Å². The SMILES string of the molecule is CCOc1cccc(CNC(=O)c2ccc(O)c([N+](=O)[O-])c2)c1. The lowest BCUT2D eigenvalue weighted by Gasteiger charge is -2.08. The molecule has 0 aliphatic carbocycles. The molecule has 0 aliphatic rings. The molecule has 1 amide bonds. The summed E-state index contributed by atoms with van der Waals surface area (Å²) in [5.74, 6) is -0.231. The number of nitro benzene ring substituents is 1. The summed E-state index contributed by atoms with van der Waals surface area (Å²) in [6, 6.07) is 10.8. The van der Waals surface area contributed by atoms with Gasteiger partial charge < -0.3 is 15.2 Å². The number of phenols is 1. The minimum Gasteiger partial charge on any atom is -0.502 e. The fourth-order valence-electron chi connectivity index (χ4n) is 2.01. The molecule has 0 atom stereocenters. The van der Waals surface area contributed by atoms with Crippen molar-refractivity contribution >= 4 is 11.6 Å². The second kappa shape index (κ2) is 7.26. The summed E-state index contributed by atoms with van der Waals surface area (Å²) in [5.41, 5.74) is 0.448. The number of carbonyl (C=O) groups is 1. The molecule has 7 nitrogen and oxygen atoms in total. The van der Waals surface area contributed by atoms with Crippen molar-refractivity contribution in [3.05, 3.63) is 63.7 Å². The average Bonchev–Trinajstić information content (AvgIpc) is 2.53. The first-order valence-corrected chi connectivity index (χ1v) is 6.98. The Balaban J connectivity index is 2.06. The molecule has 0 fully saturated rings. The fourth-order valence-corrected chi connectivity index (χ4v) is 2.01. The molecule has 0 aromatic heterocycles. The predicted octanol–water partition coefficient (Wildman–Crippen LogP) is 2.63. The van der Waals surface area contributed by atoms with Gasteiger partial charge in [-0.25, -0.2) is 0 Å². The molecule has 120 valence electrons. The summed E-state index contributed by atoms with van der Waals surface area (Å²) in [5, 5.41) is 22.8. The van der Waals surface area contributed by atoms with E-state index in [9.17, 15) is 20.0 Å². The molecule has 2 aromatic rings. The summed E-state index contributed by atoms with van der Waals surface area (Å²) in [6.45, 7) is 2.69. The number of nitrogens with zero attached hydrogens (tertiary/aromatic N) is 1. The van der Waals surface area contributed by atoms with E-state index in [2.05, 4.69) is 5.32 Å². The number of ether oxygens (including phenoxy) is 1. The van der Waals surface area contributed by atoms with Gasteiger partial charge >= 0.3 is 5.69 Å². The van der Waals surface area contributed by atoms with Crippen LogP contribution in [0.3, 0.4) is 0 Å². The Morgan fingerprint density at radius 1 is 1.30 bits per heavy atom. The Morgan fingerprint density at radius 3 is 2.78 bits per heavy atom. The number of hydrogen-bond acceptors (Lipinski definition) is 5. The van der Waals surface area contributed by atoms with Crippen molar-refractivity contribution in [2.45, 2.75) is 13.5 Å². The number of carbonyl (C=O) groups excluding carboxylic acids is 1. The van der Waals surface area contributed by atoms with Crippen LogP contribution in [0, 0.1) is 10.1 Å². The lowest BCUT2D eigenvalue weighted by molar-refractivity contribution is -0.385. The average molecular weight is 316 g/mol. The van der Waals surface area contributed by atoms with Crippen LogP contribution in [0.25, 0.3) is 0 Å². The number of nitrogens with one attached hydrogen (secondary N) is 1. The molecule has 0 saturated heterocycles. The van der Waals surface area contributed by atoms with Gasteiger partial charge in [-0.1, -0.05) is 12.1 Å². The molecule has 0 saturated carbocycles. The van der Waals surface area contributed by atoms with Gasteiger partial charge in [0.05, 0.1) is 11.5 Å². The van der Waals surface area contributed by atoms with E-state index in [1.807, 2.05) is 31.2 Å². The van der Waals surface area contributed by atoms with Gasteiger partial charge in [0.1, 0.15) is 5.75 Å². The van der Waals surface area contributed by atoms with Crippen LogP contribution in [0.2, 0.25) is 0 Å². The standard InChI is InChI=1S/C16H16N2O5/c1-2-23-13-5-3-4-11(8-13)10-17-16(20)12-6-7-15(19)14(9-12)18(21)22/h3-9,19H,2,10H2,1H3,(H,17,20). The molecule has 0 bridgehead atoms. The van der Waals surface area contributed by atoms with Crippen LogP contribution < -0.4 is 10.1 Å². The number of phenolic OH excluding ortho intramolecular Hbond substituents is 1. The van der Waals surface area contributed by atoms with E-state index in [0.717, 1.165) is 17.7 Å². The lowest BCUT2D eigenvalue weighted by atomic mass is 10.1. The zero-order chi connectivity index (χ0) is 16.8. The van der Waals surface area contributed by atoms with Gasteiger partial charge in [-0.05, 0) is 36.8 Å². The maximum Gasteiger partial charge on any atom is 0.311 e. The zero-order valence-electron chi connectivity index (χ0n) is 12.5. The van der Waals surface area contributed by atoms with Crippen LogP contribution >= 0.6 is 0 Å². The van der Waals surface area contributed by atoms with Gasteiger partial charge in [-0.15, -0.1) is 0 Å². The number of aromatic hydroxyl groups is 1. The van der Waals surface area contributed by atoms with E-state index in [1.165, 1.54) is 6.07 Å². The first kappa shape index (κ1) is 16.3. The molecule has 2 aromatic carbocycles. The highest BCUT2D eigenvalue weighted by Gasteiger charge is 2.16. The van der Waals surface area contributed by atoms with Crippen LogP contribution in [0.4, 0.5) is 5.69 Å². The smallest absolute Gasteiger partial charge is 0.311 e. The van der Waals surface area contributed by atoms with Crippen molar-refractivity contribution in [3.63, 3.8) is 0 Å². The summed E-state index contributed by atoms with van der Waals surface area (Å²) >= 11 is 0. The largest absolute Gasteiger partial charge is 0.502 e. The van der Waals surface area contributed by atoms with Crippen molar-refractivity contribution in [2.75, 3.05) is 6.61 Å². The van der Waals surface area contributed by atoms with Crippen LogP contribution in [-0.2, 0) is 6.54 Å². The Morgan fingerprint density at radius 2 is 2.09 bits per heavy atom. The summed E-state index contributed by atoms with van der Waals surface area (Å²) in [6.07, 6.45) is 0. The van der Waals surface area contributed by atoms with Gasteiger partial charge in [0.2, 0.25) is 0 Å². The van der Waals surface area contributed by atoms with E-state index >= 15 is 0 Å². The van der Waals surface area contributed by atoms with E-state index < -0.39 is 22.3 Å². The molecule has 0 spiro atoms. The number of rotatable bonds is 6. The van der Waals surface area contributed by atoms with E-state index in [1.54, 1.807) is 0 Å². The Kier molecular flexibility index (Phi) is 5.14. The van der Waals surface area contributed by atoms with Gasteiger partial charge in [0, 0.05) is 18.2 Å². The molecule has 0 unspecified atom stereocenters. The summed E-state index contributed by atoms with van der Waals surface area (Å²) in [7, 11) is 0. The third kappa shape index (κ3) is 4.19. The normalized spacial score (nSPS) is 10.1. The van der Waals surface area contributed by atoms with Crippen LogP contribution in [0.5, 0.6) is 11.5 Å². The monoisotopic (exact) mass is 316 g/mol. The lowest BCUT2D eigenvalue weighted by Crippen LogP contribution is -2.22. The highest BCUT2D eigenvalue weighted by Crippen LogP contribution is 2.26. The Bertz CT molecular complexity index is 730. The van der Waals surface area contributed by atoms with Crippen LogP contribution in [-0.4, -0.2) is 22.5 Å². The highest BCUT2D eigenvalue weighted by atomic mass is 16.6.